The summed E-state index contributed by atoms with van der Waals surface area (Å²) < 4.78 is 0. The standard InChI is InChI=1S/C15H28N4O2/c1-16-15(21)13-11-17(2)9-10-19(12-13)14(20)5-8-18-6-3-4-7-18/h13H,3-12H2,1-2H3,(H,16,21). The lowest BCUT2D eigenvalue weighted by atomic mass is 10.1. The van der Waals surface area contributed by atoms with Crippen molar-refractivity contribution in [3.8, 4) is 0 Å². The molecule has 1 atom stereocenters. The van der Waals surface area contributed by atoms with Gasteiger partial charge >= 0.3 is 0 Å². The highest BCUT2D eigenvalue weighted by Crippen LogP contribution is 2.12. The van der Waals surface area contributed by atoms with E-state index in [0.717, 1.165) is 39.3 Å². The van der Waals surface area contributed by atoms with E-state index < -0.39 is 0 Å². The van der Waals surface area contributed by atoms with Crippen LogP contribution in [0.1, 0.15) is 19.3 Å². The van der Waals surface area contributed by atoms with Gasteiger partial charge in [0.15, 0.2) is 0 Å². The number of hydrogen-bond donors (Lipinski definition) is 1. The molecule has 6 nitrogen and oxygen atoms in total. The van der Waals surface area contributed by atoms with Gasteiger partial charge < -0.3 is 20.0 Å². The van der Waals surface area contributed by atoms with Crippen LogP contribution in [-0.4, -0.2) is 86.4 Å². The predicted octanol–water partition coefficient (Wildman–Crippen LogP) is -0.391. The molecular formula is C15H28N4O2. The van der Waals surface area contributed by atoms with Crippen LogP contribution >= 0.6 is 0 Å². The quantitative estimate of drug-likeness (QED) is 0.768. The van der Waals surface area contributed by atoms with Crippen molar-refractivity contribution in [1.29, 1.82) is 0 Å². The second-order valence-corrected chi connectivity index (χ2v) is 6.21. The Kier molecular flexibility index (Phi) is 5.99. The molecule has 2 amide bonds. The minimum absolute atomic E-state index is 0.0288. The second kappa shape index (κ2) is 7.75. The van der Waals surface area contributed by atoms with Crippen LogP contribution in [0.4, 0.5) is 0 Å². The highest BCUT2D eigenvalue weighted by molar-refractivity contribution is 5.81. The van der Waals surface area contributed by atoms with E-state index in [4.69, 9.17) is 0 Å². The average Bonchev–Trinajstić information content (AvgIpc) is 2.92. The highest BCUT2D eigenvalue weighted by Gasteiger charge is 2.28. The molecule has 120 valence electrons. The van der Waals surface area contributed by atoms with E-state index in [1.54, 1.807) is 7.05 Å². The summed E-state index contributed by atoms with van der Waals surface area (Å²) in [5.41, 5.74) is 0. The van der Waals surface area contributed by atoms with Gasteiger partial charge in [-0.1, -0.05) is 0 Å². The van der Waals surface area contributed by atoms with Gasteiger partial charge in [0.25, 0.3) is 0 Å². The van der Waals surface area contributed by atoms with E-state index >= 15 is 0 Å². The molecule has 1 N–H and O–H groups in total. The van der Waals surface area contributed by atoms with Gasteiger partial charge in [-0.15, -0.1) is 0 Å². The summed E-state index contributed by atoms with van der Waals surface area (Å²) in [5.74, 6) is 0.0884. The molecule has 2 aliphatic heterocycles. The summed E-state index contributed by atoms with van der Waals surface area (Å²) in [4.78, 5) is 30.7. The smallest absolute Gasteiger partial charge is 0.225 e. The van der Waals surface area contributed by atoms with Crippen LogP contribution in [0.2, 0.25) is 0 Å². The maximum absolute atomic E-state index is 12.4. The molecule has 0 aromatic heterocycles. The molecule has 0 aliphatic carbocycles. The number of nitrogens with zero attached hydrogens (tertiary/aromatic N) is 3. The first-order chi connectivity index (χ1) is 10.1. The van der Waals surface area contributed by atoms with E-state index in [2.05, 4.69) is 15.1 Å². The number of likely N-dealkylation sites (N-methyl/N-ethyl adjacent to an activating group) is 1. The molecule has 2 aliphatic rings. The molecule has 6 heteroatoms. The molecule has 21 heavy (non-hydrogen) atoms. The number of hydrogen-bond acceptors (Lipinski definition) is 4. The zero-order chi connectivity index (χ0) is 15.2. The van der Waals surface area contributed by atoms with E-state index in [0.29, 0.717) is 13.0 Å². The SMILES string of the molecule is CNC(=O)C1CN(C)CCN(C(=O)CCN2CCCC2)C1. The van der Waals surface area contributed by atoms with E-state index in [1.165, 1.54) is 12.8 Å². The minimum Gasteiger partial charge on any atom is -0.359 e. The van der Waals surface area contributed by atoms with E-state index in [-0.39, 0.29) is 17.7 Å². The first-order valence-electron chi connectivity index (χ1n) is 8.00. The summed E-state index contributed by atoms with van der Waals surface area (Å²) >= 11 is 0. The third kappa shape index (κ3) is 4.68. The first-order valence-corrected chi connectivity index (χ1v) is 8.00. The van der Waals surface area contributed by atoms with Crippen LogP contribution in [0.25, 0.3) is 0 Å². The lowest BCUT2D eigenvalue weighted by Gasteiger charge is -2.24. The first kappa shape index (κ1) is 16.2. The van der Waals surface area contributed by atoms with Gasteiger partial charge in [0.05, 0.1) is 5.92 Å². The number of rotatable bonds is 4. The van der Waals surface area contributed by atoms with Crippen molar-refractivity contribution in [2.24, 2.45) is 5.92 Å². The number of nitrogens with one attached hydrogen (secondary N) is 1. The zero-order valence-electron chi connectivity index (χ0n) is 13.3. The predicted molar refractivity (Wildman–Crippen MR) is 81.9 cm³/mol. The number of likely N-dealkylation sites (tertiary alicyclic amines) is 1. The summed E-state index contributed by atoms with van der Waals surface area (Å²) in [7, 11) is 3.67. The fraction of sp³-hybridized carbons (Fsp3) is 0.867. The Morgan fingerprint density at radius 2 is 1.81 bits per heavy atom. The van der Waals surface area contributed by atoms with Crippen molar-refractivity contribution in [3.05, 3.63) is 0 Å². The van der Waals surface area contributed by atoms with Gasteiger partial charge in [-0.2, -0.15) is 0 Å². The topological polar surface area (TPSA) is 55.9 Å². The van der Waals surface area contributed by atoms with Gasteiger partial charge in [0.2, 0.25) is 11.8 Å². The molecule has 0 radical (unpaired) electrons. The normalized spacial score (nSPS) is 24.9. The molecule has 0 saturated carbocycles. The van der Waals surface area contributed by atoms with Crippen molar-refractivity contribution in [2.45, 2.75) is 19.3 Å². The fourth-order valence-electron chi connectivity index (χ4n) is 3.19. The summed E-state index contributed by atoms with van der Waals surface area (Å²) in [5, 5.41) is 2.71. The van der Waals surface area contributed by atoms with E-state index in [1.807, 2.05) is 11.9 Å². The third-order valence-corrected chi connectivity index (χ3v) is 4.53. The molecule has 0 bridgehead atoms. The Balaban J connectivity index is 1.87. The van der Waals surface area contributed by atoms with Crippen molar-refractivity contribution in [1.82, 2.24) is 20.0 Å². The molecule has 0 aromatic carbocycles. The summed E-state index contributed by atoms with van der Waals surface area (Å²) in [6, 6.07) is 0. The lowest BCUT2D eigenvalue weighted by molar-refractivity contribution is -0.133. The lowest BCUT2D eigenvalue weighted by Crippen LogP contribution is -2.42. The summed E-state index contributed by atoms with van der Waals surface area (Å²) in [6.07, 6.45) is 3.08. The van der Waals surface area contributed by atoms with Gasteiger partial charge in [-0.3, -0.25) is 9.59 Å². The maximum atomic E-state index is 12.4. The Morgan fingerprint density at radius 3 is 2.48 bits per heavy atom. The molecule has 1 unspecified atom stereocenters. The summed E-state index contributed by atoms with van der Waals surface area (Å²) in [6.45, 7) is 5.92. The van der Waals surface area contributed by atoms with Crippen LogP contribution in [0, 0.1) is 5.92 Å². The zero-order valence-corrected chi connectivity index (χ0v) is 13.3. The molecule has 2 heterocycles. The molecule has 2 fully saturated rings. The average molecular weight is 296 g/mol. The van der Waals surface area contributed by atoms with Crippen molar-refractivity contribution in [3.63, 3.8) is 0 Å². The minimum atomic E-state index is -0.127. The highest BCUT2D eigenvalue weighted by atomic mass is 16.2. The van der Waals surface area contributed by atoms with Crippen LogP contribution in [0.15, 0.2) is 0 Å². The molecule has 0 aromatic rings. The van der Waals surface area contributed by atoms with Crippen molar-refractivity contribution < 1.29 is 9.59 Å². The monoisotopic (exact) mass is 296 g/mol. The van der Waals surface area contributed by atoms with Crippen molar-refractivity contribution >= 4 is 11.8 Å². The van der Waals surface area contributed by atoms with Crippen LogP contribution in [-0.2, 0) is 9.59 Å². The Bertz CT molecular complexity index is 369. The Morgan fingerprint density at radius 1 is 1.10 bits per heavy atom. The molecule has 2 rings (SSSR count). The number of carbonyl (C=O) groups excluding carboxylic acids is 2. The Hall–Kier alpha value is -1.14. The second-order valence-electron chi connectivity index (χ2n) is 6.21. The Labute approximate surface area is 127 Å². The van der Waals surface area contributed by atoms with Gasteiger partial charge in [-0.25, -0.2) is 0 Å². The van der Waals surface area contributed by atoms with Crippen LogP contribution < -0.4 is 5.32 Å². The van der Waals surface area contributed by atoms with Crippen LogP contribution in [0.5, 0.6) is 0 Å². The molecule has 2 saturated heterocycles. The number of carbonyl (C=O) groups is 2. The van der Waals surface area contributed by atoms with Gasteiger partial charge in [0, 0.05) is 46.2 Å². The maximum Gasteiger partial charge on any atom is 0.225 e. The molecular weight excluding hydrogens is 268 g/mol. The fourth-order valence-corrected chi connectivity index (χ4v) is 3.19. The van der Waals surface area contributed by atoms with Gasteiger partial charge in [-0.05, 0) is 33.0 Å². The van der Waals surface area contributed by atoms with Crippen molar-refractivity contribution in [2.75, 3.05) is 59.9 Å². The van der Waals surface area contributed by atoms with E-state index in [9.17, 15) is 9.59 Å². The van der Waals surface area contributed by atoms with Crippen LogP contribution in [0.3, 0.4) is 0 Å². The largest absolute Gasteiger partial charge is 0.359 e. The van der Waals surface area contributed by atoms with Gasteiger partial charge in [0.1, 0.15) is 0 Å². The molecule has 0 spiro atoms. The third-order valence-electron chi connectivity index (χ3n) is 4.53. The number of amides is 2.